The van der Waals surface area contributed by atoms with Gasteiger partial charge in [0.1, 0.15) is 11.2 Å². The van der Waals surface area contributed by atoms with Gasteiger partial charge < -0.3 is 4.42 Å². The third-order valence-corrected chi connectivity index (χ3v) is 16.3. The minimum absolute atomic E-state index is 0.118. The van der Waals surface area contributed by atoms with Crippen molar-refractivity contribution in [3.63, 3.8) is 0 Å². The molecule has 2 aliphatic rings. The molecule has 1 heterocycles. The molecular formula is C70H56O. The average molecular weight is 913 g/mol. The Kier molecular flexibility index (Phi) is 10.2. The topological polar surface area (TPSA) is 13.1 Å². The Morgan fingerprint density at radius 3 is 1.45 bits per heavy atom. The predicted molar refractivity (Wildman–Crippen MR) is 298 cm³/mol. The molecule has 2 aliphatic carbocycles. The molecule has 1 nitrogen and oxygen atoms in total. The SMILES string of the molecule is CC1(C)c2cc(CCC(Cc3ccc(-c4cccc(-c5ccccc5)c4)cc3)c3ccc4c(c3)C(C)(C)c3cc(-c5ccccc5)ccc3-4)ccc2-c2ccc(-c3ccc4c(c3)oc3ccccc34)cc21. The molecule has 0 N–H and O–H groups in total. The molecule has 0 bridgehead atoms. The van der Waals surface area contributed by atoms with Crippen LogP contribution in [0.1, 0.15) is 79.0 Å². The first-order valence-corrected chi connectivity index (χ1v) is 25.5. The van der Waals surface area contributed by atoms with Crippen molar-refractivity contribution in [2.45, 2.75) is 63.7 Å². The lowest BCUT2D eigenvalue weighted by molar-refractivity contribution is 0.612. The molecule has 10 aromatic carbocycles. The van der Waals surface area contributed by atoms with Gasteiger partial charge in [-0.25, -0.2) is 0 Å². The summed E-state index contributed by atoms with van der Waals surface area (Å²) in [4.78, 5) is 0. The van der Waals surface area contributed by atoms with E-state index in [0.29, 0.717) is 5.92 Å². The fraction of sp³-hybridized carbons (Fsp3) is 0.143. The number of aryl methyl sites for hydroxylation is 1. The Balaban J connectivity index is 0.806. The summed E-state index contributed by atoms with van der Waals surface area (Å²) in [5.74, 6) is 0.331. The second-order valence-corrected chi connectivity index (χ2v) is 21.2. The Hall–Kier alpha value is -8.00. The highest BCUT2D eigenvalue weighted by atomic mass is 16.3. The first-order chi connectivity index (χ1) is 34.7. The van der Waals surface area contributed by atoms with E-state index in [-0.39, 0.29) is 10.8 Å². The van der Waals surface area contributed by atoms with Gasteiger partial charge >= 0.3 is 0 Å². The van der Waals surface area contributed by atoms with Gasteiger partial charge in [0.15, 0.2) is 0 Å². The minimum Gasteiger partial charge on any atom is -0.456 e. The highest BCUT2D eigenvalue weighted by Crippen LogP contribution is 2.52. The Morgan fingerprint density at radius 2 is 0.789 bits per heavy atom. The van der Waals surface area contributed by atoms with Crippen molar-refractivity contribution in [1.82, 2.24) is 0 Å². The Morgan fingerprint density at radius 1 is 0.338 bits per heavy atom. The van der Waals surface area contributed by atoms with Crippen LogP contribution in [0.4, 0.5) is 0 Å². The van der Waals surface area contributed by atoms with Crippen LogP contribution in [0.3, 0.4) is 0 Å². The molecule has 1 aromatic heterocycles. The molecule has 0 amide bonds. The van der Waals surface area contributed by atoms with Gasteiger partial charge in [-0.2, -0.15) is 0 Å². The standard InChI is InChI=1S/C70H56O/c1-69(2)63-39-46(25-33-57(63)58-36-31-55(43-65(58)69)56-32-37-62-61-20-11-12-21-67(61)71-68(62)44-56)24-28-52(38-45-22-26-49(27-23-45)51-19-13-18-50(40-51)47-14-7-5-8-15-47)54-30-35-60-59-34-29-53(48-16-9-6-10-17-48)41-64(59)70(3,4)66(60)42-54/h5-23,25-27,29-37,39-44,52H,24,28,38H2,1-4H3. The molecule has 0 aliphatic heterocycles. The van der Waals surface area contributed by atoms with Gasteiger partial charge in [0, 0.05) is 21.6 Å². The maximum atomic E-state index is 6.31. The Bertz CT molecular complexity index is 3830. The first kappa shape index (κ1) is 43.1. The van der Waals surface area contributed by atoms with Crippen LogP contribution >= 0.6 is 0 Å². The molecule has 0 spiro atoms. The van der Waals surface area contributed by atoms with Gasteiger partial charge in [0.25, 0.3) is 0 Å². The number of hydrogen-bond donors (Lipinski definition) is 0. The maximum Gasteiger partial charge on any atom is 0.136 e. The van der Waals surface area contributed by atoms with Crippen LogP contribution in [0.15, 0.2) is 229 Å². The van der Waals surface area contributed by atoms with Crippen LogP contribution in [0.5, 0.6) is 0 Å². The predicted octanol–water partition coefficient (Wildman–Crippen LogP) is 18.8. The molecule has 0 saturated carbocycles. The molecule has 0 saturated heterocycles. The lowest BCUT2D eigenvalue weighted by Gasteiger charge is -2.25. The summed E-state index contributed by atoms with van der Waals surface area (Å²) >= 11 is 0. The molecular weight excluding hydrogens is 857 g/mol. The van der Waals surface area contributed by atoms with E-state index in [9.17, 15) is 0 Å². The van der Waals surface area contributed by atoms with Crippen molar-refractivity contribution in [3.8, 4) is 66.8 Å². The molecule has 71 heavy (non-hydrogen) atoms. The lowest BCUT2D eigenvalue weighted by atomic mass is 9.79. The minimum atomic E-state index is -0.136. The quantitative estimate of drug-likeness (QED) is 0.133. The van der Waals surface area contributed by atoms with Crippen molar-refractivity contribution >= 4 is 21.9 Å². The van der Waals surface area contributed by atoms with E-state index in [1.54, 1.807) is 0 Å². The molecule has 1 heteroatoms. The third-order valence-electron chi connectivity index (χ3n) is 16.3. The first-order valence-electron chi connectivity index (χ1n) is 25.5. The van der Waals surface area contributed by atoms with E-state index in [0.717, 1.165) is 41.2 Å². The van der Waals surface area contributed by atoms with Crippen molar-refractivity contribution in [2.24, 2.45) is 0 Å². The smallest absolute Gasteiger partial charge is 0.136 e. The fourth-order valence-corrected chi connectivity index (χ4v) is 12.2. The normalized spacial score (nSPS) is 14.3. The van der Waals surface area contributed by atoms with Gasteiger partial charge in [-0.3, -0.25) is 0 Å². The fourth-order valence-electron chi connectivity index (χ4n) is 12.2. The van der Waals surface area contributed by atoms with Crippen molar-refractivity contribution in [2.75, 3.05) is 0 Å². The van der Waals surface area contributed by atoms with E-state index in [1.807, 2.05) is 6.07 Å². The largest absolute Gasteiger partial charge is 0.456 e. The number of benzene rings is 10. The summed E-state index contributed by atoms with van der Waals surface area (Å²) in [6.07, 6.45) is 3.02. The summed E-state index contributed by atoms with van der Waals surface area (Å²) in [6.45, 7) is 9.66. The zero-order valence-electron chi connectivity index (χ0n) is 41.0. The van der Waals surface area contributed by atoms with Crippen LogP contribution in [-0.4, -0.2) is 0 Å². The zero-order chi connectivity index (χ0) is 47.8. The number of hydrogen-bond acceptors (Lipinski definition) is 1. The summed E-state index contributed by atoms with van der Waals surface area (Å²) in [5, 5.41) is 2.33. The van der Waals surface area contributed by atoms with Crippen LogP contribution in [0, 0.1) is 0 Å². The van der Waals surface area contributed by atoms with Crippen LogP contribution in [0.25, 0.3) is 88.7 Å². The zero-order valence-corrected chi connectivity index (χ0v) is 41.0. The van der Waals surface area contributed by atoms with Crippen LogP contribution in [0.2, 0.25) is 0 Å². The maximum absolute atomic E-state index is 6.31. The summed E-state index contributed by atoms with van der Waals surface area (Å²) in [5.41, 5.74) is 26.8. The van der Waals surface area contributed by atoms with Crippen LogP contribution < -0.4 is 0 Å². The van der Waals surface area contributed by atoms with Gasteiger partial charge in [0.2, 0.25) is 0 Å². The van der Waals surface area contributed by atoms with Crippen LogP contribution in [-0.2, 0) is 23.7 Å². The van der Waals surface area contributed by atoms with E-state index >= 15 is 0 Å². The second-order valence-electron chi connectivity index (χ2n) is 21.2. The molecule has 1 unspecified atom stereocenters. The van der Waals surface area contributed by atoms with E-state index < -0.39 is 0 Å². The monoisotopic (exact) mass is 912 g/mol. The highest BCUT2D eigenvalue weighted by Gasteiger charge is 2.38. The number of fused-ring (bicyclic) bond motifs is 9. The van der Waals surface area contributed by atoms with E-state index in [4.69, 9.17) is 4.42 Å². The summed E-state index contributed by atoms with van der Waals surface area (Å²) in [7, 11) is 0. The van der Waals surface area contributed by atoms with E-state index in [1.165, 1.54) is 106 Å². The molecule has 0 fully saturated rings. The number of furan rings is 1. The molecule has 0 radical (unpaired) electrons. The molecule has 1 atom stereocenters. The van der Waals surface area contributed by atoms with Gasteiger partial charge in [0.05, 0.1) is 0 Å². The molecule has 342 valence electrons. The van der Waals surface area contributed by atoms with Gasteiger partial charge in [-0.15, -0.1) is 0 Å². The molecule has 13 rings (SSSR count). The van der Waals surface area contributed by atoms with Crippen molar-refractivity contribution < 1.29 is 4.42 Å². The number of para-hydroxylation sites is 1. The highest BCUT2D eigenvalue weighted by molar-refractivity contribution is 6.06. The second kappa shape index (κ2) is 16.9. The third kappa shape index (κ3) is 7.46. The number of rotatable bonds is 10. The van der Waals surface area contributed by atoms with E-state index in [2.05, 4.69) is 246 Å². The van der Waals surface area contributed by atoms with Gasteiger partial charge in [-0.1, -0.05) is 216 Å². The Labute approximate surface area is 418 Å². The van der Waals surface area contributed by atoms with Crippen molar-refractivity contribution in [3.05, 3.63) is 263 Å². The van der Waals surface area contributed by atoms with Crippen molar-refractivity contribution in [1.29, 1.82) is 0 Å². The average Bonchev–Trinajstić information content (AvgIpc) is 3.98. The summed E-state index contributed by atoms with van der Waals surface area (Å²) in [6, 6.07) is 83.7. The van der Waals surface area contributed by atoms with Gasteiger partial charge in [-0.05, 0) is 167 Å². The summed E-state index contributed by atoms with van der Waals surface area (Å²) < 4.78 is 6.31. The lowest BCUT2D eigenvalue weighted by Crippen LogP contribution is -2.16. The molecule has 11 aromatic rings.